The van der Waals surface area contributed by atoms with Crippen molar-refractivity contribution in [2.75, 3.05) is 0 Å². The Bertz CT molecular complexity index is 233. The molecule has 0 saturated heterocycles. The van der Waals surface area contributed by atoms with Crippen LogP contribution >= 0.6 is 0 Å². The maximum atomic E-state index is 10.4. The summed E-state index contributed by atoms with van der Waals surface area (Å²) in [5.41, 5.74) is 2.22. The summed E-state index contributed by atoms with van der Waals surface area (Å²) in [4.78, 5) is 15.2. The second-order valence-electron chi connectivity index (χ2n) is 2.07. The maximum absolute atomic E-state index is 10.4. The van der Waals surface area contributed by atoms with Crippen molar-refractivity contribution in [3.63, 3.8) is 0 Å². The van der Waals surface area contributed by atoms with Crippen molar-refractivity contribution in [2.24, 2.45) is 0 Å². The number of nitrogens with one attached hydrogen (secondary N) is 1. The van der Waals surface area contributed by atoms with E-state index in [1.165, 1.54) is 6.92 Å². The van der Waals surface area contributed by atoms with Gasteiger partial charge in [0, 0.05) is 6.92 Å². The van der Waals surface area contributed by atoms with Gasteiger partial charge >= 0.3 is 0 Å². The van der Waals surface area contributed by atoms with E-state index in [1.807, 2.05) is 18.2 Å². The van der Waals surface area contributed by atoms with Crippen LogP contribution in [0.25, 0.3) is 0 Å². The average molecular weight is 151 g/mol. The van der Waals surface area contributed by atoms with Crippen molar-refractivity contribution in [2.45, 2.75) is 6.92 Å². The molecule has 0 fully saturated rings. The number of rotatable bonds is 2. The van der Waals surface area contributed by atoms with Crippen LogP contribution in [0.4, 0.5) is 0 Å². The van der Waals surface area contributed by atoms with Gasteiger partial charge in [0.05, 0.1) is 0 Å². The zero-order valence-electron chi connectivity index (χ0n) is 6.20. The molecular formula is C8H9NO2. The summed E-state index contributed by atoms with van der Waals surface area (Å²) in [6.07, 6.45) is 0. The summed E-state index contributed by atoms with van der Waals surface area (Å²) in [6.45, 7) is 1.39. The van der Waals surface area contributed by atoms with Gasteiger partial charge in [0.15, 0.2) is 5.75 Å². The highest BCUT2D eigenvalue weighted by molar-refractivity contribution is 5.71. The van der Waals surface area contributed by atoms with Gasteiger partial charge in [0.1, 0.15) is 0 Å². The first-order valence-corrected chi connectivity index (χ1v) is 3.27. The molecule has 3 nitrogen and oxygen atoms in total. The van der Waals surface area contributed by atoms with E-state index < -0.39 is 0 Å². The molecule has 0 aliphatic carbocycles. The molecule has 1 N–H and O–H groups in total. The lowest BCUT2D eigenvalue weighted by atomic mass is 10.3. The zero-order valence-corrected chi connectivity index (χ0v) is 6.20. The number of benzene rings is 1. The van der Waals surface area contributed by atoms with Gasteiger partial charge in [-0.15, -0.1) is 0 Å². The van der Waals surface area contributed by atoms with Crippen LogP contribution in [0, 0.1) is 0 Å². The van der Waals surface area contributed by atoms with Crippen LogP contribution in [0.3, 0.4) is 0 Å². The number of hydrogen-bond acceptors (Lipinski definition) is 2. The fraction of sp³-hybridized carbons (Fsp3) is 0.125. The Labute approximate surface area is 64.9 Å². The Morgan fingerprint density at radius 1 is 1.36 bits per heavy atom. The SMILES string of the molecule is CC(=O)NOc1ccccc1. The van der Waals surface area contributed by atoms with E-state index in [2.05, 4.69) is 5.48 Å². The van der Waals surface area contributed by atoms with Gasteiger partial charge < -0.3 is 4.84 Å². The van der Waals surface area contributed by atoms with E-state index in [-0.39, 0.29) is 5.91 Å². The van der Waals surface area contributed by atoms with Crippen LogP contribution in [-0.4, -0.2) is 5.91 Å². The molecule has 58 valence electrons. The summed E-state index contributed by atoms with van der Waals surface area (Å²) in [7, 11) is 0. The second-order valence-corrected chi connectivity index (χ2v) is 2.07. The highest BCUT2D eigenvalue weighted by Gasteiger charge is 1.91. The number of hydroxylamine groups is 1. The highest BCUT2D eigenvalue weighted by atomic mass is 16.7. The minimum absolute atomic E-state index is 0.214. The largest absolute Gasteiger partial charge is 0.380 e. The summed E-state index contributed by atoms with van der Waals surface area (Å²) in [5.74, 6) is 0.413. The molecule has 0 aliphatic heterocycles. The maximum Gasteiger partial charge on any atom is 0.249 e. The second kappa shape index (κ2) is 3.61. The predicted molar refractivity (Wildman–Crippen MR) is 40.9 cm³/mol. The molecule has 0 aliphatic rings. The lowest BCUT2D eigenvalue weighted by molar-refractivity contribution is -0.125. The molecule has 0 atom stereocenters. The molecule has 1 amide bonds. The van der Waals surface area contributed by atoms with Gasteiger partial charge in [-0.2, -0.15) is 5.48 Å². The quantitative estimate of drug-likeness (QED) is 0.643. The first kappa shape index (κ1) is 7.60. The van der Waals surface area contributed by atoms with Crippen molar-refractivity contribution in [1.82, 2.24) is 5.48 Å². The third-order valence-electron chi connectivity index (χ3n) is 1.06. The first-order valence-electron chi connectivity index (χ1n) is 3.27. The summed E-state index contributed by atoms with van der Waals surface area (Å²) in [6, 6.07) is 9.06. The van der Waals surface area contributed by atoms with E-state index >= 15 is 0 Å². The molecule has 0 heterocycles. The predicted octanol–water partition coefficient (Wildman–Crippen LogP) is 1.12. The van der Waals surface area contributed by atoms with Crippen molar-refractivity contribution in [3.05, 3.63) is 30.3 Å². The van der Waals surface area contributed by atoms with Gasteiger partial charge in [-0.05, 0) is 12.1 Å². The molecule has 3 heteroatoms. The molecule has 0 spiro atoms. The van der Waals surface area contributed by atoms with Gasteiger partial charge in [-0.1, -0.05) is 18.2 Å². The Kier molecular flexibility index (Phi) is 2.49. The van der Waals surface area contributed by atoms with Crippen LogP contribution in [0.5, 0.6) is 5.75 Å². The molecule has 0 bridgehead atoms. The van der Waals surface area contributed by atoms with E-state index in [0.29, 0.717) is 5.75 Å². The molecule has 0 aromatic heterocycles. The topological polar surface area (TPSA) is 38.3 Å². The minimum Gasteiger partial charge on any atom is -0.380 e. The number of amides is 1. The zero-order chi connectivity index (χ0) is 8.10. The van der Waals surface area contributed by atoms with Crippen molar-refractivity contribution < 1.29 is 9.63 Å². The number of carbonyl (C=O) groups excluding carboxylic acids is 1. The number of para-hydroxylation sites is 1. The summed E-state index contributed by atoms with van der Waals surface area (Å²) in [5, 5.41) is 0. The summed E-state index contributed by atoms with van der Waals surface area (Å²) < 4.78 is 0. The third-order valence-corrected chi connectivity index (χ3v) is 1.06. The smallest absolute Gasteiger partial charge is 0.249 e. The van der Waals surface area contributed by atoms with Crippen LogP contribution in [0.2, 0.25) is 0 Å². The van der Waals surface area contributed by atoms with E-state index in [1.54, 1.807) is 12.1 Å². The fourth-order valence-corrected chi connectivity index (χ4v) is 0.619. The average Bonchev–Trinajstić information content (AvgIpc) is 2.03. The van der Waals surface area contributed by atoms with Gasteiger partial charge in [0.25, 0.3) is 0 Å². The van der Waals surface area contributed by atoms with Crippen molar-refractivity contribution in [3.8, 4) is 5.75 Å². The molecule has 1 rings (SSSR count). The highest BCUT2D eigenvalue weighted by Crippen LogP contribution is 2.05. The Morgan fingerprint density at radius 2 is 2.00 bits per heavy atom. The van der Waals surface area contributed by atoms with Crippen LogP contribution < -0.4 is 10.3 Å². The van der Waals surface area contributed by atoms with E-state index in [9.17, 15) is 4.79 Å². The summed E-state index contributed by atoms with van der Waals surface area (Å²) >= 11 is 0. The van der Waals surface area contributed by atoms with E-state index in [0.717, 1.165) is 0 Å². The molecular weight excluding hydrogens is 142 g/mol. The van der Waals surface area contributed by atoms with Gasteiger partial charge in [-0.25, -0.2) is 0 Å². The Morgan fingerprint density at radius 3 is 2.55 bits per heavy atom. The van der Waals surface area contributed by atoms with Gasteiger partial charge in [-0.3, -0.25) is 4.79 Å². The van der Waals surface area contributed by atoms with Crippen LogP contribution in [0.15, 0.2) is 30.3 Å². The first-order chi connectivity index (χ1) is 5.29. The number of hydrogen-bond donors (Lipinski definition) is 1. The molecule has 0 saturated carbocycles. The Hall–Kier alpha value is -1.51. The standard InChI is InChI=1S/C8H9NO2/c1-7(10)9-11-8-5-3-2-4-6-8/h2-6H,1H3,(H,9,10). The van der Waals surface area contributed by atoms with Gasteiger partial charge in [0.2, 0.25) is 5.91 Å². The molecule has 1 aromatic rings. The Balaban J connectivity index is 2.45. The lowest BCUT2D eigenvalue weighted by Crippen LogP contribution is -2.23. The van der Waals surface area contributed by atoms with E-state index in [4.69, 9.17) is 4.84 Å². The van der Waals surface area contributed by atoms with Crippen molar-refractivity contribution in [1.29, 1.82) is 0 Å². The molecule has 0 radical (unpaired) electrons. The third kappa shape index (κ3) is 2.71. The normalized spacial score (nSPS) is 8.82. The minimum atomic E-state index is -0.214. The van der Waals surface area contributed by atoms with Crippen LogP contribution in [-0.2, 0) is 4.79 Å². The van der Waals surface area contributed by atoms with Crippen molar-refractivity contribution >= 4 is 5.91 Å². The lowest BCUT2D eigenvalue weighted by Gasteiger charge is -2.02. The molecule has 1 aromatic carbocycles. The monoisotopic (exact) mass is 151 g/mol. The fourth-order valence-electron chi connectivity index (χ4n) is 0.619. The van der Waals surface area contributed by atoms with Crippen LogP contribution in [0.1, 0.15) is 6.92 Å². The molecule has 0 unspecified atom stereocenters. The number of carbonyl (C=O) groups is 1. The molecule has 11 heavy (non-hydrogen) atoms.